The molecule has 2 nitrogen and oxygen atoms in total. The number of hydrogen-bond acceptors (Lipinski definition) is 4. The van der Waals surface area contributed by atoms with Gasteiger partial charge in [-0.15, -0.1) is 23.1 Å². The zero-order valence-corrected chi connectivity index (χ0v) is 9.68. The van der Waals surface area contributed by atoms with Crippen LogP contribution < -0.4 is 5.32 Å². The third kappa shape index (κ3) is 2.37. The summed E-state index contributed by atoms with van der Waals surface area (Å²) < 4.78 is 0.774. The second-order valence-corrected chi connectivity index (χ2v) is 6.31. The zero-order chi connectivity index (χ0) is 9.26. The number of halogens is 1. The Hall–Kier alpha value is 0.230. The minimum atomic E-state index is 0.348. The number of aromatic nitrogens is 1. The first kappa shape index (κ1) is 9.77. The summed E-state index contributed by atoms with van der Waals surface area (Å²) >= 11 is 9.33. The van der Waals surface area contributed by atoms with Crippen LogP contribution in [0.3, 0.4) is 0 Å². The Morgan fingerprint density at radius 2 is 2.54 bits per heavy atom. The van der Waals surface area contributed by atoms with E-state index in [9.17, 15) is 0 Å². The highest BCUT2D eigenvalue weighted by Crippen LogP contribution is 2.36. The van der Waals surface area contributed by atoms with E-state index in [4.69, 9.17) is 11.6 Å². The first-order chi connectivity index (χ1) is 6.25. The molecule has 2 atom stereocenters. The Balaban J connectivity index is 2.08. The SMILES string of the molecule is CC1CCNC(c2ncc(Cl)s2)S1. The molecule has 1 aliphatic heterocycles. The highest BCUT2D eigenvalue weighted by molar-refractivity contribution is 8.00. The highest BCUT2D eigenvalue weighted by atomic mass is 35.5. The molecule has 5 heteroatoms. The lowest BCUT2D eigenvalue weighted by atomic mass is 10.3. The van der Waals surface area contributed by atoms with E-state index in [-0.39, 0.29) is 0 Å². The standard InChI is InChI=1S/C8H11ClN2S2/c1-5-2-3-10-7(12-5)8-11-4-6(9)13-8/h4-5,7,10H,2-3H2,1H3. The van der Waals surface area contributed by atoms with E-state index in [0.29, 0.717) is 10.6 Å². The topological polar surface area (TPSA) is 24.9 Å². The van der Waals surface area contributed by atoms with Gasteiger partial charge in [-0.25, -0.2) is 4.98 Å². The van der Waals surface area contributed by atoms with Crippen LogP contribution in [0.4, 0.5) is 0 Å². The molecule has 13 heavy (non-hydrogen) atoms. The van der Waals surface area contributed by atoms with Crippen molar-refractivity contribution >= 4 is 34.7 Å². The summed E-state index contributed by atoms with van der Waals surface area (Å²) in [6.07, 6.45) is 2.96. The molecule has 72 valence electrons. The molecule has 1 N–H and O–H groups in total. The van der Waals surface area contributed by atoms with E-state index in [2.05, 4.69) is 17.2 Å². The van der Waals surface area contributed by atoms with Gasteiger partial charge in [-0.3, -0.25) is 5.32 Å². The molecule has 1 fully saturated rings. The van der Waals surface area contributed by atoms with Crippen LogP contribution in [0.1, 0.15) is 23.7 Å². The van der Waals surface area contributed by atoms with Crippen LogP contribution in [0.25, 0.3) is 0 Å². The van der Waals surface area contributed by atoms with Crippen molar-refractivity contribution in [3.8, 4) is 0 Å². The Labute approximate surface area is 91.1 Å². The molecule has 0 amide bonds. The summed E-state index contributed by atoms with van der Waals surface area (Å²) in [4.78, 5) is 4.28. The summed E-state index contributed by atoms with van der Waals surface area (Å²) in [5, 5.41) is 5.59. The van der Waals surface area contributed by atoms with E-state index < -0.39 is 0 Å². The predicted molar refractivity (Wildman–Crippen MR) is 59.5 cm³/mol. The van der Waals surface area contributed by atoms with E-state index >= 15 is 0 Å². The van der Waals surface area contributed by atoms with Crippen molar-refractivity contribution in [2.24, 2.45) is 0 Å². The van der Waals surface area contributed by atoms with Gasteiger partial charge >= 0.3 is 0 Å². The maximum Gasteiger partial charge on any atom is 0.121 e. The van der Waals surface area contributed by atoms with E-state index in [1.165, 1.54) is 6.42 Å². The molecule has 0 bridgehead atoms. The van der Waals surface area contributed by atoms with E-state index in [0.717, 1.165) is 15.9 Å². The van der Waals surface area contributed by atoms with Crippen LogP contribution in [0.15, 0.2) is 6.20 Å². The third-order valence-electron chi connectivity index (χ3n) is 1.97. The molecule has 1 aromatic rings. The second-order valence-electron chi connectivity index (χ2n) is 3.07. The van der Waals surface area contributed by atoms with Gasteiger partial charge in [0.2, 0.25) is 0 Å². The van der Waals surface area contributed by atoms with Crippen molar-refractivity contribution in [1.82, 2.24) is 10.3 Å². The minimum Gasteiger partial charge on any atom is -0.300 e. The van der Waals surface area contributed by atoms with Crippen molar-refractivity contribution in [1.29, 1.82) is 0 Å². The Kier molecular flexibility index (Phi) is 3.14. The highest BCUT2D eigenvalue weighted by Gasteiger charge is 2.22. The predicted octanol–water partition coefficient (Wildman–Crippen LogP) is 2.91. The van der Waals surface area contributed by atoms with Gasteiger partial charge < -0.3 is 0 Å². The summed E-state index contributed by atoms with van der Waals surface area (Å²) in [7, 11) is 0. The second kappa shape index (κ2) is 4.17. The van der Waals surface area contributed by atoms with E-state index in [1.807, 2.05) is 11.8 Å². The number of nitrogens with one attached hydrogen (secondary N) is 1. The van der Waals surface area contributed by atoms with Crippen molar-refractivity contribution in [3.05, 3.63) is 15.5 Å². The molecule has 1 aliphatic rings. The van der Waals surface area contributed by atoms with Gasteiger partial charge in [0.15, 0.2) is 0 Å². The van der Waals surface area contributed by atoms with Crippen LogP contribution in [0.5, 0.6) is 0 Å². The lowest BCUT2D eigenvalue weighted by Crippen LogP contribution is -2.28. The molecular weight excluding hydrogens is 224 g/mol. The summed E-state index contributed by atoms with van der Waals surface area (Å²) in [5.41, 5.74) is 0. The number of hydrogen-bond donors (Lipinski definition) is 1. The summed E-state index contributed by atoms with van der Waals surface area (Å²) in [6.45, 7) is 3.34. The van der Waals surface area contributed by atoms with Gasteiger partial charge in [0.25, 0.3) is 0 Å². The average molecular weight is 235 g/mol. The molecule has 1 aromatic heterocycles. The lowest BCUT2D eigenvalue weighted by Gasteiger charge is -2.25. The fourth-order valence-electron chi connectivity index (χ4n) is 1.30. The average Bonchev–Trinajstić information content (AvgIpc) is 2.52. The van der Waals surface area contributed by atoms with Gasteiger partial charge in [-0.05, 0) is 13.0 Å². The van der Waals surface area contributed by atoms with Gasteiger partial charge in [0.1, 0.15) is 14.7 Å². The molecule has 2 rings (SSSR count). The Morgan fingerprint density at radius 1 is 1.69 bits per heavy atom. The first-order valence-corrected chi connectivity index (χ1v) is 6.39. The largest absolute Gasteiger partial charge is 0.300 e. The zero-order valence-electron chi connectivity index (χ0n) is 7.29. The molecule has 0 saturated carbocycles. The maximum atomic E-state index is 5.83. The monoisotopic (exact) mass is 234 g/mol. The Bertz CT molecular complexity index is 289. The van der Waals surface area contributed by atoms with Gasteiger partial charge in [-0.2, -0.15) is 0 Å². The number of nitrogens with zero attached hydrogens (tertiary/aromatic N) is 1. The molecule has 2 unspecified atom stereocenters. The normalized spacial score (nSPS) is 29.1. The van der Waals surface area contributed by atoms with Crippen molar-refractivity contribution in [2.45, 2.75) is 24.0 Å². The van der Waals surface area contributed by atoms with E-state index in [1.54, 1.807) is 17.5 Å². The molecule has 0 radical (unpaired) electrons. The minimum absolute atomic E-state index is 0.348. The number of rotatable bonds is 1. The molecular formula is C8H11ClN2S2. The molecule has 2 heterocycles. The maximum absolute atomic E-state index is 5.83. The fraction of sp³-hybridized carbons (Fsp3) is 0.625. The van der Waals surface area contributed by atoms with Gasteiger partial charge in [0.05, 0.1) is 6.20 Å². The third-order valence-corrected chi connectivity index (χ3v) is 4.66. The van der Waals surface area contributed by atoms with Crippen molar-refractivity contribution < 1.29 is 0 Å². The Morgan fingerprint density at radius 3 is 3.15 bits per heavy atom. The van der Waals surface area contributed by atoms with Gasteiger partial charge in [-0.1, -0.05) is 18.5 Å². The van der Waals surface area contributed by atoms with Crippen LogP contribution in [-0.4, -0.2) is 16.8 Å². The quantitative estimate of drug-likeness (QED) is 0.809. The van der Waals surface area contributed by atoms with Crippen LogP contribution in [-0.2, 0) is 0 Å². The van der Waals surface area contributed by atoms with Crippen LogP contribution >= 0.6 is 34.7 Å². The van der Waals surface area contributed by atoms with Crippen LogP contribution in [0.2, 0.25) is 4.34 Å². The molecule has 0 aromatic carbocycles. The molecule has 1 saturated heterocycles. The summed E-state index contributed by atoms with van der Waals surface area (Å²) in [6, 6.07) is 0. The van der Waals surface area contributed by atoms with Crippen molar-refractivity contribution in [2.75, 3.05) is 6.54 Å². The number of thioether (sulfide) groups is 1. The fourth-order valence-corrected chi connectivity index (χ4v) is 3.61. The first-order valence-electron chi connectivity index (χ1n) is 4.26. The van der Waals surface area contributed by atoms with Crippen LogP contribution in [0, 0.1) is 0 Å². The smallest absolute Gasteiger partial charge is 0.121 e. The summed E-state index contributed by atoms with van der Waals surface area (Å²) in [5.74, 6) is 0. The number of thiazole rings is 1. The molecule has 0 spiro atoms. The lowest BCUT2D eigenvalue weighted by molar-refractivity contribution is 0.603. The molecule has 0 aliphatic carbocycles. The van der Waals surface area contributed by atoms with Gasteiger partial charge in [0, 0.05) is 5.25 Å². The van der Waals surface area contributed by atoms with Crippen molar-refractivity contribution in [3.63, 3.8) is 0 Å².